The van der Waals surface area contributed by atoms with E-state index in [9.17, 15) is 14.7 Å². The summed E-state index contributed by atoms with van der Waals surface area (Å²) >= 11 is 0. The number of esters is 1. The molecule has 26 heavy (non-hydrogen) atoms. The molecule has 0 fully saturated rings. The van der Waals surface area contributed by atoms with Gasteiger partial charge in [0.05, 0.1) is 5.56 Å². The van der Waals surface area contributed by atoms with Crippen molar-refractivity contribution in [3.8, 4) is 11.5 Å². The number of phenolic OH excluding ortho intramolecular Hbond substituents is 1. The molecule has 0 radical (unpaired) electrons. The lowest BCUT2D eigenvalue weighted by atomic mass is 9.86. The molecule has 3 rings (SSSR count). The number of carbonyl (C=O) groups is 2. The van der Waals surface area contributed by atoms with E-state index < -0.39 is 0 Å². The van der Waals surface area contributed by atoms with Crippen molar-refractivity contribution in [3.05, 3.63) is 65.2 Å². The first-order valence-corrected chi connectivity index (χ1v) is 8.67. The van der Waals surface area contributed by atoms with E-state index in [0.29, 0.717) is 30.5 Å². The molecule has 0 unspecified atom stereocenters. The van der Waals surface area contributed by atoms with Gasteiger partial charge in [0, 0.05) is 18.1 Å². The summed E-state index contributed by atoms with van der Waals surface area (Å²) in [5.41, 5.74) is 7.72. The fraction of sp³-hybridized carbons (Fsp3) is 0.238. The zero-order valence-corrected chi connectivity index (χ0v) is 14.4. The lowest BCUT2D eigenvalue weighted by Gasteiger charge is -2.18. The topological polar surface area (TPSA) is 89.6 Å². The lowest BCUT2D eigenvalue weighted by molar-refractivity contribution is -0.134. The van der Waals surface area contributed by atoms with Gasteiger partial charge in [0.1, 0.15) is 11.5 Å². The van der Waals surface area contributed by atoms with E-state index in [2.05, 4.69) is 0 Å². The normalized spacial score (nSPS) is 13.1. The molecule has 0 saturated heterocycles. The van der Waals surface area contributed by atoms with Crippen LogP contribution in [-0.2, 0) is 11.2 Å². The SMILES string of the molecule is NCCCCC(=O)Oc1cc(O)c2c(c1)CC=C(c1ccccc1)C2=O. The predicted octanol–water partition coefficient (Wildman–Crippen LogP) is 3.25. The molecule has 0 amide bonds. The summed E-state index contributed by atoms with van der Waals surface area (Å²) in [5.74, 6) is -0.515. The number of carbonyl (C=O) groups excluding carboxylic acids is 2. The Morgan fingerprint density at radius 2 is 1.92 bits per heavy atom. The Bertz CT molecular complexity index is 856. The zero-order valence-electron chi connectivity index (χ0n) is 14.4. The number of hydrogen-bond acceptors (Lipinski definition) is 5. The molecule has 0 atom stereocenters. The number of phenols is 1. The maximum atomic E-state index is 12.8. The van der Waals surface area contributed by atoms with E-state index in [0.717, 1.165) is 12.0 Å². The molecule has 0 saturated carbocycles. The second kappa shape index (κ2) is 7.97. The average Bonchev–Trinajstić information content (AvgIpc) is 2.62. The largest absolute Gasteiger partial charge is 0.507 e. The number of allylic oxidation sites excluding steroid dienone is 2. The van der Waals surface area contributed by atoms with Crippen molar-refractivity contribution in [3.63, 3.8) is 0 Å². The third-order valence-corrected chi connectivity index (χ3v) is 4.32. The predicted molar refractivity (Wildman–Crippen MR) is 99.1 cm³/mol. The molecule has 5 heteroatoms. The number of unbranched alkanes of at least 4 members (excludes halogenated alkanes) is 1. The van der Waals surface area contributed by atoms with Crippen LogP contribution >= 0.6 is 0 Å². The fourth-order valence-electron chi connectivity index (χ4n) is 3.04. The molecule has 2 aromatic rings. The van der Waals surface area contributed by atoms with Gasteiger partial charge in [-0.2, -0.15) is 0 Å². The first-order chi connectivity index (χ1) is 12.6. The second-order valence-corrected chi connectivity index (χ2v) is 6.21. The van der Waals surface area contributed by atoms with Crippen LogP contribution in [0, 0.1) is 0 Å². The number of rotatable bonds is 6. The number of ketones is 1. The van der Waals surface area contributed by atoms with Crippen molar-refractivity contribution in [2.24, 2.45) is 5.73 Å². The average molecular weight is 351 g/mol. The summed E-state index contributed by atoms with van der Waals surface area (Å²) in [6, 6.07) is 12.3. The van der Waals surface area contributed by atoms with Gasteiger partial charge in [0.25, 0.3) is 0 Å². The quantitative estimate of drug-likeness (QED) is 0.474. The minimum Gasteiger partial charge on any atom is -0.507 e. The van der Waals surface area contributed by atoms with Gasteiger partial charge in [-0.25, -0.2) is 0 Å². The van der Waals surface area contributed by atoms with E-state index in [1.54, 1.807) is 6.07 Å². The number of ether oxygens (including phenoxy) is 1. The van der Waals surface area contributed by atoms with Gasteiger partial charge < -0.3 is 15.6 Å². The molecule has 5 nitrogen and oxygen atoms in total. The van der Waals surface area contributed by atoms with Crippen molar-refractivity contribution in [1.82, 2.24) is 0 Å². The standard InChI is InChI=1S/C21H21NO4/c22-11-5-4-8-19(24)26-16-12-15-9-10-17(14-6-2-1-3-7-14)21(25)20(15)18(23)13-16/h1-3,6-7,10,12-13,23H,4-5,8-9,11,22H2. The highest BCUT2D eigenvalue weighted by Crippen LogP contribution is 2.36. The minimum atomic E-state index is -0.375. The van der Waals surface area contributed by atoms with Crippen LogP contribution in [-0.4, -0.2) is 23.4 Å². The third kappa shape index (κ3) is 3.83. The Morgan fingerprint density at radius 1 is 1.15 bits per heavy atom. The summed E-state index contributed by atoms with van der Waals surface area (Å²) in [7, 11) is 0. The molecule has 1 aliphatic carbocycles. The van der Waals surface area contributed by atoms with Crippen LogP contribution < -0.4 is 10.5 Å². The minimum absolute atomic E-state index is 0.168. The van der Waals surface area contributed by atoms with Gasteiger partial charge >= 0.3 is 5.97 Å². The van der Waals surface area contributed by atoms with Gasteiger partial charge in [-0.1, -0.05) is 36.4 Å². The van der Waals surface area contributed by atoms with E-state index in [1.807, 2.05) is 36.4 Å². The molecule has 0 aromatic heterocycles. The van der Waals surface area contributed by atoms with E-state index >= 15 is 0 Å². The molecule has 1 aliphatic rings. The first-order valence-electron chi connectivity index (χ1n) is 8.67. The summed E-state index contributed by atoms with van der Waals surface area (Å²) < 4.78 is 5.28. The maximum Gasteiger partial charge on any atom is 0.311 e. The molecule has 2 aromatic carbocycles. The third-order valence-electron chi connectivity index (χ3n) is 4.32. The smallest absolute Gasteiger partial charge is 0.311 e. The van der Waals surface area contributed by atoms with Crippen LogP contribution in [0.1, 0.15) is 40.7 Å². The monoisotopic (exact) mass is 351 g/mol. The summed E-state index contributed by atoms with van der Waals surface area (Å²) in [4.78, 5) is 24.6. The Kier molecular flexibility index (Phi) is 5.49. The molecule has 0 bridgehead atoms. The number of benzene rings is 2. The summed E-state index contributed by atoms with van der Waals surface area (Å²) in [6.45, 7) is 0.533. The zero-order chi connectivity index (χ0) is 18.5. The number of hydrogen-bond donors (Lipinski definition) is 2. The van der Waals surface area contributed by atoms with Crippen LogP contribution in [0.2, 0.25) is 0 Å². The highest BCUT2D eigenvalue weighted by Gasteiger charge is 2.26. The van der Waals surface area contributed by atoms with Gasteiger partial charge in [0.2, 0.25) is 0 Å². The van der Waals surface area contributed by atoms with Crippen molar-refractivity contribution in [2.45, 2.75) is 25.7 Å². The number of fused-ring (bicyclic) bond motifs is 1. The molecule has 0 aliphatic heterocycles. The number of aromatic hydroxyl groups is 1. The summed E-state index contributed by atoms with van der Waals surface area (Å²) in [6.07, 6.45) is 4.01. The van der Waals surface area contributed by atoms with Gasteiger partial charge in [0.15, 0.2) is 5.78 Å². The van der Waals surface area contributed by atoms with Crippen molar-refractivity contribution in [2.75, 3.05) is 6.54 Å². The van der Waals surface area contributed by atoms with Crippen LogP contribution in [0.5, 0.6) is 11.5 Å². The van der Waals surface area contributed by atoms with E-state index in [1.165, 1.54) is 6.07 Å². The molecule has 3 N–H and O–H groups in total. The Balaban J connectivity index is 1.80. The molecule has 134 valence electrons. The molecule has 0 heterocycles. The molecular formula is C21H21NO4. The van der Waals surface area contributed by atoms with Crippen molar-refractivity contribution in [1.29, 1.82) is 0 Å². The first kappa shape index (κ1) is 17.9. The van der Waals surface area contributed by atoms with E-state index in [-0.39, 0.29) is 35.2 Å². The number of nitrogens with two attached hydrogens (primary N) is 1. The second-order valence-electron chi connectivity index (χ2n) is 6.21. The Hall–Kier alpha value is -2.92. The number of Topliss-reactive ketones (excluding diaryl/α,β-unsaturated/α-hetero) is 1. The fourth-order valence-corrected chi connectivity index (χ4v) is 3.04. The molecular weight excluding hydrogens is 330 g/mol. The lowest BCUT2D eigenvalue weighted by Crippen LogP contribution is -2.13. The Labute approximate surface area is 152 Å². The maximum absolute atomic E-state index is 12.8. The van der Waals surface area contributed by atoms with Crippen LogP contribution in [0.4, 0.5) is 0 Å². The van der Waals surface area contributed by atoms with Gasteiger partial charge in [-0.05, 0) is 43.0 Å². The van der Waals surface area contributed by atoms with Gasteiger partial charge in [-0.15, -0.1) is 0 Å². The van der Waals surface area contributed by atoms with Crippen molar-refractivity contribution >= 4 is 17.3 Å². The Morgan fingerprint density at radius 3 is 2.65 bits per heavy atom. The van der Waals surface area contributed by atoms with Crippen LogP contribution in [0.3, 0.4) is 0 Å². The summed E-state index contributed by atoms with van der Waals surface area (Å²) in [5, 5.41) is 10.3. The highest BCUT2D eigenvalue weighted by atomic mass is 16.5. The molecule has 0 spiro atoms. The van der Waals surface area contributed by atoms with Crippen LogP contribution in [0.25, 0.3) is 5.57 Å². The van der Waals surface area contributed by atoms with Gasteiger partial charge in [-0.3, -0.25) is 9.59 Å². The van der Waals surface area contributed by atoms with E-state index in [4.69, 9.17) is 10.5 Å². The highest BCUT2D eigenvalue weighted by molar-refractivity contribution is 6.31. The van der Waals surface area contributed by atoms with Crippen molar-refractivity contribution < 1.29 is 19.4 Å². The van der Waals surface area contributed by atoms with Crippen LogP contribution in [0.15, 0.2) is 48.5 Å².